The van der Waals surface area contributed by atoms with Crippen LogP contribution in [0.5, 0.6) is 11.5 Å². The van der Waals surface area contributed by atoms with Gasteiger partial charge in [-0.3, -0.25) is 4.79 Å². The maximum Gasteiger partial charge on any atom is 0.243 e. The lowest BCUT2D eigenvalue weighted by Crippen LogP contribution is -2.39. The number of rotatable bonds is 8. The van der Waals surface area contributed by atoms with E-state index in [1.807, 2.05) is 45.9 Å². The Hall–Kier alpha value is -2.58. The normalized spacial score (nSPS) is 13.5. The molecule has 0 saturated carbocycles. The van der Waals surface area contributed by atoms with E-state index in [2.05, 4.69) is 5.32 Å². The zero-order valence-electron chi connectivity index (χ0n) is 18.5. The fraction of sp³-hybridized carbons (Fsp3) is 0.435. The number of nitrogens with one attached hydrogen (secondary N) is 1. The molecule has 0 saturated heterocycles. The molecule has 1 aliphatic rings. The van der Waals surface area contributed by atoms with E-state index in [9.17, 15) is 13.2 Å². The summed E-state index contributed by atoms with van der Waals surface area (Å²) in [5.74, 6) is 0.833. The standard InChI is InChI=1S/C23H30N2O5S/c1-16(2)9-10-25(15-23(26)24-20-7-5-17(3)13-18(20)4)31(27,28)19-6-8-21-22(14-19)30-12-11-29-21/h5-8,13-14,16H,9-12,15H2,1-4H3,(H,24,26). The van der Waals surface area contributed by atoms with Gasteiger partial charge in [0.25, 0.3) is 0 Å². The molecule has 168 valence electrons. The van der Waals surface area contributed by atoms with Gasteiger partial charge < -0.3 is 14.8 Å². The molecule has 0 radical (unpaired) electrons. The van der Waals surface area contributed by atoms with Gasteiger partial charge in [-0.1, -0.05) is 31.5 Å². The van der Waals surface area contributed by atoms with Crippen molar-refractivity contribution >= 4 is 21.6 Å². The number of carbonyl (C=O) groups excluding carboxylic acids is 1. The molecule has 2 aromatic carbocycles. The Bertz CT molecular complexity index is 1050. The molecule has 1 amide bonds. The summed E-state index contributed by atoms with van der Waals surface area (Å²) in [4.78, 5) is 12.8. The first-order chi connectivity index (χ1) is 14.7. The third-order valence-corrected chi connectivity index (χ3v) is 6.92. The van der Waals surface area contributed by atoms with Crippen molar-refractivity contribution in [2.45, 2.75) is 39.0 Å². The number of hydrogen-bond acceptors (Lipinski definition) is 5. The van der Waals surface area contributed by atoms with Crippen molar-refractivity contribution in [3.63, 3.8) is 0 Å². The van der Waals surface area contributed by atoms with Crippen LogP contribution in [0, 0.1) is 19.8 Å². The summed E-state index contributed by atoms with van der Waals surface area (Å²) in [5.41, 5.74) is 2.70. The average Bonchev–Trinajstić information content (AvgIpc) is 2.72. The molecule has 31 heavy (non-hydrogen) atoms. The first-order valence-electron chi connectivity index (χ1n) is 10.4. The summed E-state index contributed by atoms with van der Waals surface area (Å²) >= 11 is 0. The van der Waals surface area contributed by atoms with E-state index in [4.69, 9.17) is 9.47 Å². The zero-order chi connectivity index (χ0) is 22.6. The smallest absolute Gasteiger partial charge is 0.243 e. The number of sulfonamides is 1. The molecule has 0 spiro atoms. The maximum atomic E-state index is 13.4. The van der Waals surface area contributed by atoms with E-state index >= 15 is 0 Å². The maximum absolute atomic E-state index is 13.4. The SMILES string of the molecule is Cc1ccc(NC(=O)CN(CCC(C)C)S(=O)(=O)c2ccc3c(c2)OCCO3)c(C)c1. The predicted molar refractivity (Wildman–Crippen MR) is 120 cm³/mol. The van der Waals surface area contributed by atoms with Crippen LogP contribution in [0.2, 0.25) is 0 Å². The minimum absolute atomic E-state index is 0.0832. The highest BCUT2D eigenvalue weighted by atomic mass is 32.2. The van der Waals surface area contributed by atoms with Crippen LogP contribution in [0.4, 0.5) is 5.69 Å². The van der Waals surface area contributed by atoms with Crippen molar-refractivity contribution in [2.75, 3.05) is 31.6 Å². The Morgan fingerprint density at radius 2 is 1.77 bits per heavy atom. The first-order valence-corrected chi connectivity index (χ1v) is 11.9. The lowest BCUT2D eigenvalue weighted by Gasteiger charge is -2.24. The number of amides is 1. The molecule has 1 aliphatic heterocycles. The second-order valence-corrected chi connectivity index (χ2v) is 10.1. The summed E-state index contributed by atoms with van der Waals surface area (Å²) in [5, 5.41) is 2.84. The van der Waals surface area contributed by atoms with E-state index in [-0.39, 0.29) is 23.9 Å². The largest absolute Gasteiger partial charge is 0.486 e. The molecule has 8 heteroatoms. The van der Waals surface area contributed by atoms with E-state index in [1.54, 1.807) is 6.07 Å². The van der Waals surface area contributed by atoms with Crippen LogP contribution >= 0.6 is 0 Å². The van der Waals surface area contributed by atoms with Gasteiger partial charge in [0.15, 0.2) is 11.5 Å². The van der Waals surface area contributed by atoms with Gasteiger partial charge in [0.05, 0.1) is 11.4 Å². The van der Waals surface area contributed by atoms with Gasteiger partial charge in [-0.2, -0.15) is 4.31 Å². The molecule has 0 bridgehead atoms. The molecule has 7 nitrogen and oxygen atoms in total. The van der Waals surface area contributed by atoms with Crippen LogP contribution in [0.25, 0.3) is 0 Å². The van der Waals surface area contributed by atoms with Crippen molar-refractivity contribution in [1.82, 2.24) is 4.31 Å². The first kappa shape index (κ1) is 23.1. The Morgan fingerprint density at radius 3 is 2.45 bits per heavy atom. The van der Waals surface area contributed by atoms with Crippen LogP contribution in [0.15, 0.2) is 41.3 Å². The average molecular weight is 447 g/mol. The van der Waals surface area contributed by atoms with Crippen LogP contribution in [0.3, 0.4) is 0 Å². The third kappa shape index (κ3) is 5.77. The Balaban J connectivity index is 1.82. The Kier molecular flexibility index (Phi) is 7.23. The highest BCUT2D eigenvalue weighted by Gasteiger charge is 2.28. The van der Waals surface area contributed by atoms with Crippen molar-refractivity contribution in [3.05, 3.63) is 47.5 Å². The van der Waals surface area contributed by atoms with Crippen LogP contribution in [0.1, 0.15) is 31.4 Å². The number of benzene rings is 2. The van der Waals surface area contributed by atoms with Gasteiger partial charge >= 0.3 is 0 Å². The van der Waals surface area contributed by atoms with E-state index in [1.165, 1.54) is 16.4 Å². The number of anilines is 1. The molecule has 0 aromatic heterocycles. The van der Waals surface area contributed by atoms with Crippen LogP contribution < -0.4 is 14.8 Å². The summed E-state index contributed by atoms with van der Waals surface area (Å²) < 4.78 is 39.0. The second kappa shape index (κ2) is 9.70. The van der Waals surface area contributed by atoms with Gasteiger partial charge in [0.1, 0.15) is 13.2 Å². The van der Waals surface area contributed by atoms with Gasteiger partial charge in [-0.25, -0.2) is 8.42 Å². The minimum Gasteiger partial charge on any atom is -0.486 e. The Morgan fingerprint density at radius 1 is 1.06 bits per heavy atom. The lowest BCUT2D eigenvalue weighted by atomic mass is 10.1. The monoisotopic (exact) mass is 446 g/mol. The molecule has 0 atom stereocenters. The summed E-state index contributed by atoms with van der Waals surface area (Å²) in [6, 6.07) is 10.3. The van der Waals surface area contributed by atoms with E-state index in [0.717, 1.165) is 11.1 Å². The predicted octanol–water partition coefficient (Wildman–Crippen LogP) is 3.75. The fourth-order valence-corrected chi connectivity index (χ4v) is 4.75. The number of carbonyl (C=O) groups is 1. The molecule has 0 fully saturated rings. The molecule has 2 aromatic rings. The van der Waals surface area contributed by atoms with Gasteiger partial charge in [-0.05, 0) is 49.9 Å². The van der Waals surface area contributed by atoms with Gasteiger partial charge in [0.2, 0.25) is 15.9 Å². The second-order valence-electron chi connectivity index (χ2n) is 8.19. The fourth-order valence-electron chi connectivity index (χ4n) is 3.32. The molecule has 3 rings (SSSR count). The third-order valence-electron chi connectivity index (χ3n) is 5.08. The quantitative estimate of drug-likeness (QED) is 0.668. The minimum atomic E-state index is -3.90. The van der Waals surface area contributed by atoms with Crippen molar-refractivity contribution in [3.8, 4) is 11.5 Å². The van der Waals surface area contributed by atoms with Gasteiger partial charge in [-0.15, -0.1) is 0 Å². The lowest BCUT2D eigenvalue weighted by molar-refractivity contribution is -0.116. The summed E-state index contributed by atoms with van der Waals surface area (Å²) in [7, 11) is -3.90. The van der Waals surface area contributed by atoms with Crippen molar-refractivity contribution in [1.29, 1.82) is 0 Å². The van der Waals surface area contributed by atoms with Crippen molar-refractivity contribution < 1.29 is 22.7 Å². The van der Waals surface area contributed by atoms with Crippen molar-refractivity contribution in [2.24, 2.45) is 5.92 Å². The molecular formula is C23H30N2O5S. The number of hydrogen-bond donors (Lipinski definition) is 1. The number of nitrogens with zero attached hydrogens (tertiary/aromatic N) is 1. The van der Waals surface area contributed by atoms with Crippen LogP contribution in [-0.2, 0) is 14.8 Å². The van der Waals surface area contributed by atoms with Gasteiger partial charge in [0, 0.05) is 18.3 Å². The number of aryl methyl sites for hydroxylation is 2. The molecule has 1 heterocycles. The van der Waals surface area contributed by atoms with Crippen LogP contribution in [-0.4, -0.2) is 44.9 Å². The zero-order valence-corrected chi connectivity index (χ0v) is 19.3. The van der Waals surface area contributed by atoms with E-state index < -0.39 is 10.0 Å². The molecule has 0 unspecified atom stereocenters. The molecular weight excluding hydrogens is 416 g/mol. The Labute approximate surface area is 184 Å². The highest BCUT2D eigenvalue weighted by Crippen LogP contribution is 2.33. The van der Waals surface area contributed by atoms with E-state index in [0.29, 0.717) is 42.7 Å². The molecule has 1 N–H and O–H groups in total. The highest BCUT2D eigenvalue weighted by molar-refractivity contribution is 7.89. The summed E-state index contributed by atoms with van der Waals surface area (Å²) in [6.45, 7) is 8.70. The number of ether oxygens (including phenoxy) is 2. The molecule has 0 aliphatic carbocycles. The summed E-state index contributed by atoms with van der Waals surface area (Å²) in [6.07, 6.45) is 0.640. The number of fused-ring (bicyclic) bond motifs is 1. The topological polar surface area (TPSA) is 84.9 Å².